The molecule has 9 heteroatoms. The third-order valence-corrected chi connectivity index (χ3v) is 5.29. The summed E-state index contributed by atoms with van der Waals surface area (Å²) in [6.45, 7) is 1.38. The third-order valence-electron chi connectivity index (χ3n) is 5.29. The van der Waals surface area contributed by atoms with Gasteiger partial charge >= 0.3 is 0 Å². The Bertz CT molecular complexity index is 1080. The molecule has 1 amide bonds. The highest BCUT2D eigenvalue weighted by atomic mass is 16.5. The van der Waals surface area contributed by atoms with Crippen molar-refractivity contribution in [3.8, 4) is 16.9 Å². The van der Waals surface area contributed by atoms with Gasteiger partial charge in [0.2, 0.25) is 11.9 Å². The molecule has 0 radical (unpaired) electrons. The summed E-state index contributed by atoms with van der Waals surface area (Å²) in [4.78, 5) is 34.1. The first kappa shape index (κ1) is 21.6. The van der Waals surface area contributed by atoms with Crippen LogP contribution in [0, 0.1) is 0 Å². The topological polar surface area (TPSA) is 93.6 Å². The molecule has 2 aromatic heterocycles. The fraction of sp³-hybridized carbons (Fsp3) is 0.348. The second kappa shape index (κ2) is 9.69. The molecule has 1 aromatic carbocycles. The zero-order valence-electron chi connectivity index (χ0n) is 18.4. The lowest BCUT2D eigenvalue weighted by Gasteiger charge is -2.33. The zero-order chi connectivity index (χ0) is 22.5. The Morgan fingerprint density at radius 1 is 1.25 bits per heavy atom. The summed E-state index contributed by atoms with van der Waals surface area (Å²) in [5.74, 6) is 1.35. The SMILES string of the molecule is COc1cccc(CC(=O)N2CCO[C@@H](c3nc(N(C)C)ncc3-c3cncnc3)C2)c1. The van der Waals surface area contributed by atoms with Crippen molar-refractivity contribution in [3.05, 3.63) is 60.4 Å². The van der Waals surface area contributed by atoms with Crippen molar-refractivity contribution in [1.82, 2.24) is 24.8 Å². The van der Waals surface area contributed by atoms with Crippen LogP contribution in [0.1, 0.15) is 17.4 Å². The Hall–Kier alpha value is -3.59. The lowest BCUT2D eigenvalue weighted by molar-refractivity contribution is -0.138. The van der Waals surface area contributed by atoms with Crippen molar-refractivity contribution < 1.29 is 14.3 Å². The average Bonchev–Trinajstić information content (AvgIpc) is 2.84. The molecule has 1 saturated heterocycles. The lowest BCUT2D eigenvalue weighted by atomic mass is 10.0. The van der Waals surface area contributed by atoms with Crippen LogP contribution >= 0.6 is 0 Å². The number of morpholine rings is 1. The van der Waals surface area contributed by atoms with E-state index in [1.54, 1.807) is 25.7 Å². The Kier molecular flexibility index (Phi) is 6.55. The van der Waals surface area contributed by atoms with Crippen LogP contribution in [0.4, 0.5) is 5.95 Å². The summed E-state index contributed by atoms with van der Waals surface area (Å²) in [6.07, 6.45) is 6.61. The Morgan fingerprint density at radius 3 is 2.81 bits per heavy atom. The number of nitrogens with zero attached hydrogens (tertiary/aromatic N) is 6. The standard InChI is InChI=1S/C23H26N6O3/c1-28(2)23-26-13-19(17-11-24-15-25-12-17)22(27-23)20-14-29(7-8-32-20)21(30)10-16-5-4-6-18(9-16)31-3/h4-6,9,11-13,15,20H,7-8,10,14H2,1-3H3/t20-/m1/s1. The van der Waals surface area contributed by atoms with E-state index in [4.69, 9.17) is 14.5 Å². The molecule has 0 saturated carbocycles. The van der Waals surface area contributed by atoms with Crippen LogP contribution in [-0.2, 0) is 16.0 Å². The van der Waals surface area contributed by atoms with Crippen LogP contribution in [-0.4, -0.2) is 71.6 Å². The maximum absolute atomic E-state index is 13.0. The number of hydrogen-bond acceptors (Lipinski definition) is 8. The number of hydrogen-bond donors (Lipinski definition) is 0. The van der Waals surface area contributed by atoms with E-state index in [1.807, 2.05) is 48.2 Å². The van der Waals surface area contributed by atoms with Crippen LogP contribution in [0.3, 0.4) is 0 Å². The molecule has 1 fully saturated rings. The fourth-order valence-electron chi connectivity index (χ4n) is 3.62. The molecule has 1 atom stereocenters. The van der Waals surface area contributed by atoms with Crippen LogP contribution < -0.4 is 9.64 Å². The molecule has 0 unspecified atom stereocenters. The normalized spacial score (nSPS) is 16.0. The minimum Gasteiger partial charge on any atom is -0.497 e. The summed E-state index contributed by atoms with van der Waals surface area (Å²) < 4.78 is 11.3. The number of ether oxygens (including phenoxy) is 2. The Labute approximate surface area is 187 Å². The molecule has 9 nitrogen and oxygen atoms in total. The van der Waals surface area contributed by atoms with E-state index in [0.29, 0.717) is 32.1 Å². The van der Waals surface area contributed by atoms with Crippen molar-refractivity contribution >= 4 is 11.9 Å². The smallest absolute Gasteiger partial charge is 0.227 e. The van der Waals surface area contributed by atoms with Gasteiger partial charge in [0.05, 0.1) is 32.4 Å². The molecule has 0 bridgehead atoms. The van der Waals surface area contributed by atoms with Crippen LogP contribution in [0.2, 0.25) is 0 Å². The number of aromatic nitrogens is 4. The quantitative estimate of drug-likeness (QED) is 0.583. The highest BCUT2D eigenvalue weighted by Crippen LogP contribution is 2.31. The second-order valence-electron chi connectivity index (χ2n) is 7.72. The van der Waals surface area contributed by atoms with Crippen molar-refractivity contribution in [1.29, 1.82) is 0 Å². The van der Waals surface area contributed by atoms with Gasteiger partial charge in [0.25, 0.3) is 0 Å². The number of carbonyl (C=O) groups excluding carboxylic acids is 1. The zero-order valence-corrected chi connectivity index (χ0v) is 18.4. The predicted octanol–water partition coefficient (Wildman–Crippen LogP) is 2.15. The van der Waals surface area contributed by atoms with E-state index in [-0.39, 0.29) is 12.0 Å². The molecule has 1 aliphatic rings. The predicted molar refractivity (Wildman–Crippen MR) is 119 cm³/mol. The highest BCUT2D eigenvalue weighted by Gasteiger charge is 2.29. The van der Waals surface area contributed by atoms with E-state index in [2.05, 4.69) is 15.0 Å². The van der Waals surface area contributed by atoms with Gasteiger partial charge in [0.1, 0.15) is 18.2 Å². The van der Waals surface area contributed by atoms with Crippen molar-refractivity contribution in [3.63, 3.8) is 0 Å². The van der Waals surface area contributed by atoms with Crippen molar-refractivity contribution in [2.75, 3.05) is 45.8 Å². The molecule has 32 heavy (non-hydrogen) atoms. The van der Waals surface area contributed by atoms with Crippen molar-refractivity contribution in [2.24, 2.45) is 0 Å². The first-order valence-corrected chi connectivity index (χ1v) is 10.4. The maximum Gasteiger partial charge on any atom is 0.227 e. The number of rotatable bonds is 6. The molecule has 1 aliphatic heterocycles. The van der Waals surface area contributed by atoms with Gasteiger partial charge in [0, 0.05) is 50.4 Å². The number of benzene rings is 1. The molecule has 3 heterocycles. The fourth-order valence-corrected chi connectivity index (χ4v) is 3.62. The lowest BCUT2D eigenvalue weighted by Crippen LogP contribution is -2.43. The van der Waals surface area contributed by atoms with Gasteiger partial charge in [0.15, 0.2) is 0 Å². The van der Waals surface area contributed by atoms with Crippen LogP contribution in [0.25, 0.3) is 11.1 Å². The van der Waals surface area contributed by atoms with Crippen molar-refractivity contribution in [2.45, 2.75) is 12.5 Å². The molecular formula is C23H26N6O3. The van der Waals surface area contributed by atoms with Gasteiger partial charge in [-0.2, -0.15) is 0 Å². The van der Waals surface area contributed by atoms with E-state index in [0.717, 1.165) is 28.1 Å². The minimum absolute atomic E-state index is 0.0398. The summed E-state index contributed by atoms with van der Waals surface area (Å²) in [5, 5.41) is 0. The molecule has 166 valence electrons. The minimum atomic E-state index is -0.380. The Balaban J connectivity index is 1.58. The number of carbonyl (C=O) groups is 1. The molecule has 3 aromatic rings. The number of anilines is 1. The van der Waals surface area contributed by atoms with Gasteiger partial charge < -0.3 is 19.3 Å². The van der Waals surface area contributed by atoms with E-state index in [9.17, 15) is 4.79 Å². The highest BCUT2D eigenvalue weighted by molar-refractivity contribution is 5.79. The molecule has 0 N–H and O–H groups in total. The summed E-state index contributed by atoms with van der Waals surface area (Å²) in [6, 6.07) is 7.57. The van der Waals surface area contributed by atoms with Crippen LogP contribution in [0.5, 0.6) is 5.75 Å². The Morgan fingerprint density at radius 2 is 2.06 bits per heavy atom. The molecule has 0 spiro atoms. The molecular weight excluding hydrogens is 408 g/mol. The van der Waals surface area contributed by atoms with Gasteiger partial charge in [-0.3, -0.25) is 4.79 Å². The number of methoxy groups -OCH3 is 1. The third kappa shape index (κ3) is 4.83. The maximum atomic E-state index is 13.0. The van der Waals surface area contributed by atoms with Gasteiger partial charge in [-0.05, 0) is 17.7 Å². The first-order valence-electron chi connectivity index (χ1n) is 10.4. The molecule has 0 aliphatic carbocycles. The van der Waals surface area contributed by atoms with Gasteiger partial charge in [-0.15, -0.1) is 0 Å². The van der Waals surface area contributed by atoms with Gasteiger partial charge in [-0.1, -0.05) is 12.1 Å². The average molecular weight is 435 g/mol. The summed E-state index contributed by atoms with van der Waals surface area (Å²) >= 11 is 0. The number of amides is 1. The summed E-state index contributed by atoms with van der Waals surface area (Å²) in [5.41, 5.74) is 3.23. The van der Waals surface area contributed by atoms with E-state index >= 15 is 0 Å². The monoisotopic (exact) mass is 434 g/mol. The van der Waals surface area contributed by atoms with E-state index in [1.165, 1.54) is 6.33 Å². The van der Waals surface area contributed by atoms with Crippen LogP contribution in [0.15, 0.2) is 49.2 Å². The summed E-state index contributed by atoms with van der Waals surface area (Å²) in [7, 11) is 5.39. The largest absolute Gasteiger partial charge is 0.497 e. The van der Waals surface area contributed by atoms with E-state index < -0.39 is 0 Å². The molecule has 4 rings (SSSR count). The van der Waals surface area contributed by atoms with Gasteiger partial charge in [-0.25, -0.2) is 19.9 Å². The second-order valence-corrected chi connectivity index (χ2v) is 7.72. The first-order chi connectivity index (χ1) is 15.5.